The maximum atomic E-state index is 13.0. The van der Waals surface area contributed by atoms with Crippen molar-refractivity contribution in [1.82, 2.24) is 10.2 Å². The Kier molecular flexibility index (Phi) is 8.19. The molecule has 1 fully saturated rings. The molecule has 37 heavy (non-hydrogen) atoms. The number of ether oxygens (including phenoxy) is 2. The highest BCUT2D eigenvalue weighted by Gasteiger charge is 2.35. The molecule has 0 atom stereocenters. The van der Waals surface area contributed by atoms with Crippen LogP contribution >= 0.6 is 0 Å². The molecule has 0 bridgehead atoms. The second-order valence-electron chi connectivity index (χ2n) is 11.5. The quantitative estimate of drug-likeness (QED) is 0.295. The van der Waals surface area contributed by atoms with Crippen molar-refractivity contribution in [2.24, 2.45) is 5.73 Å². The van der Waals surface area contributed by atoms with Crippen molar-refractivity contribution in [3.63, 3.8) is 0 Å². The minimum absolute atomic E-state index is 0.0574. The van der Waals surface area contributed by atoms with Crippen LogP contribution in [0, 0.1) is 5.41 Å². The van der Waals surface area contributed by atoms with E-state index in [2.05, 4.69) is 5.32 Å². The van der Waals surface area contributed by atoms with E-state index in [9.17, 15) is 14.4 Å². The van der Waals surface area contributed by atoms with E-state index in [1.807, 2.05) is 0 Å². The third-order valence-corrected chi connectivity index (χ3v) is 5.94. The molecule has 1 aromatic carbocycles. The third-order valence-electron chi connectivity index (χ3n) is 5.94. The predicted octanol–water partition coefficient (Wildman–Crippen LogP) is 4.34. The summed E-state index contributed by atoms with van der Waals surface area (Å²) in [4.78, 5) is 39.9. The molecule has 10 heteroatoms. The Balaban J connectivity index is 1.64. The first-order valence-electron chi connectivity index (χ1n) is 12.5. The predicted molar refractivity (Wildman–Crippen MR) is 140 cm³/mol. The average Bonchev–Trinajstić information content (AvgIpc) is 3.19. The molecule has 3 rings (SSSR count). The molecule has 1 aliphatic rings. The molecule has 10 nitrogen and oxygen atoms in total. The summed E-state index contributed by atoms with van der Waals surface area (Å²) in [6, 6.07) is 4.78. The molecular weight excluding hydrogens is 476 g/mol. The van der Waals surface area contributed by atoms with Gasteiger partial charge in [0.1, 0.15) is 23.6 Å². The number of benzene rings is 1. The van der Waals surface area contributed by atoms with Gasteiger partial charge in [-0.3, -0.25) is 19.9 Å². The summed E-state index contributed by atoms with van der Waals surface area (Å²) in [5, 5.41) is 11.9. The molecule has 1 aromatic heterocycles. The van der Waals surface area contributed by atoms with Crippen molar-refractivity contribution < 1.29 is 28.3 Å². The number of esters is 1. The largest absolute Gasteiger partial charge is 0.459 e. The van der Waals surface area contributed by atoms with Crippen LogP contribution in [0.1, 0.15) is 83.3 Å². The molecule has 0 radical (unpaired) electrons. The lowest BCUT2D eigenvalue weighted by Crippen LogP contribution is -2.50. The SMILES string of the molecule is CC(C)(C)OC(=O)CN(C(=O)OC(C)(C)C)C1CCC(NC(=O)c2occ3cc(C(=N)N)ccc23)CC1. The number of amidine groups is 1. The fraction of sp³-hybridized carbons (Fsp3) is 0.556. The fourth-order valence-corrected chi connectivity index (χ4v) is 4.36. The van der Waals surface area contributed by atoms with Crippen LogP contribution in [0.25, 0.3) is 10.8 Å². The summed E-state index contributed by atoms with van der Waals surface area (Å²) in [6.45, 7) is 10.5. The van der Waals surface area contributed by atoms with E-state index in [0.717, 1.165) is 0 Å². The van der Waals surface area contributed by atoms with Gasteiger partial charge >= 0.3 is 12.1 Å². The van der Waals surface area contributed by atoms with Crippen LogP contribution < -0.4 is 11.1 Å². The number of carbonyl (C=O) groups is 3. The van der Waals surface area contributed by atoms with E-state index in [1.165, 1.54) is 11.2 Å². The zero-order chi connectivity index (χ0) is 27.5. The van der Waals surface area contributed by atoms with Crippen LogP contribution in [0.2, 0.25) is 0 Å². The van der Waals surface area contributed by atoms with Gasteiger partial charge in [0, 0.05) is 28.4 Å². The topological polar surface area (TPSA) is 148 Å². The molecule has 2 aromatic rings. The Morgan fingerprint density at radius 3 is 2.24 bits per heavy atom. The monoisotopic (exact) mass is 514 g/mol. The lowest BCUT2D eigenvalue weighted by molar-refractivity contribution is -0.156. The number of carbonyl (C=O) groups excluding carboxylic acids is 3. The normalized spacial score (nSPS) is 18.2. The highest BCUT2D eigenvalue weighted by Crippen LogP contribution is 2.27. The minimum atomic E-state index is -0.703. The molecule has 202 valence electrons. The first-order chi connectivity index (χ1) is 17.1. The molecule has 4 N–H and O–H groups in total. The second kappa shape index (κ2) is 10.8. The van der Waals surface area contributed by atoms with Crippen molar-refractivity contribution in [1.29, 1.82) is 5.41 Å². The summed E-state index contributed by atoms with van der Waals surface area (Å²) in [6.07, 6.45) is 3.34. The van der Waals surface area contributed by atoms with Gasteiger partial charge in [-0.25, -0.2) is 4.79 Å². The molecule has 0 aliphatic heterocycles. The number of nitrogens with zero attached hydrogens (tertiary/aromatic N) is 1. The van der Waals surface area contributed by atoms with E-state index in [1.54, 1.807) is 59.7 Å². The number of nitrogens with one attached hydrogen (secondary N) is 2. The molecule has 0 spiro atoms. The Bertz CT molecular complexity index is 1170. The zero-order valence-electron chi connectivity index (χ0n) is 22.5. The van der Waals surface area contributed by atoms with Crippen LogP contribution in [0.15, 0.2) is 28.9 Å². The maximum absolute atomic E-state index is 13.0. The number of nitrogens with two attached hydrogens (primary N) is 1. The summed E-state index contributed by atoms with van der Waals surface area (Å²) < 4.78 is 16.5. The highest BCUT2D eigenvalue weighted by atomic mass is 16.6. The van der Waals surface area contributed by atoms with Crippen molar-refractivity contribution in [3.8, 4) is 0 Å². The number of hydrogen-bond acceptors (Lipinski definition) is 7. The van der Waals surface area contributed by atoms with Gasteiger partial charge in [-0.05, 0) is 79.4 Å². The van der Waals surface area contributed by atoms with Gasteiger partial charge < -0.3 is 24.9 Å². The number of fused-ring (bicyclic) bond motifs is 1. The van der Waals surface area contributed by atoms with Gasteiger partial charge in [0.25, 0.3) is 5.91 Å². The number of amides is 2. The van der Waals surface area contributed by atoms with Gasteiger partial charge in [0.15, 0.2) is 5.76 Å². The molecule has 1 heterocycles. The lowest BCUT2D eigenvalue weighted by atomic mass is 9.90. The molecule has 2 amide bonds. The molecular formula is C27H38N4O6. The van der Waals surface area contributed by atoms with Crippen molar-refractivity contribution in [3.05, 3.63) is 35.8 Å². The van der Waals surface area contributed by atoms with Gasteiger partial charge in [0.05, 0.1) is 6.26 Å². The first kappa shape index (κ1) is 28.0. The number of furan rings is 1. The molecule has 0 saturated heterocycles. The number of hydrogen-bond donors (Lipinski definition) is 3. The van der Waals surface area contributed by atoms with E-state index < -0.39 is 23.3 Å². The standard InChI is InChI=1S/C27H38N4O6/c1-26(2,3)36-21(32)14-31(25(34)37-27(4,5)6)19-10-8-18(9-11-19)30-24(33)22-20-12-7-16(23(28)29)13-17(20)15-35-22/h7,12-13,15,18-19H,8-11,14H2,1-6H3,(H3,28,29)(H,30,33). The summed E-state index contributed by atoms with van der Waals surface area (Å²) in [7, 11) is 0. The maximum Gasteiger partial charge on any atom is 0.411 e. The smallest absolute Gasteiger partial charge is 0.411 e. The van der Waals surface area contributed by atoms with Crippen molar-refractivity contribution in [2.75, 3.05) is 6.54 Å². The highest BCUT2D eigenvalue weighted by molar-refractivity contribution is 6.07. The van der Waals surface area contributed by atoms with Crippen LogP contribution in [0.4, 0.5) is 4.79 Å². The number of nitrogen functional groups attached to an aromatic ring is 1. The van der Waals surface area contributed by atoms with E-state index >= 15 is 0 Å². The Morgan fingerprint density at radius 2 is 1.68 bits per heavy atom. The third kappa shape index (κ3) is 7.71. The Labute approximate surface area is 217 Å². The van der Waals surface area contributed by atoms with Gasteiger partial charge in [0.2, 0.25) is 0 Å². The van der Waals surface area contributed by atoms with Crippen LogP contribution in [0.3, 0.4) is 0 Å². The molecule has 0 unspecified atom stereocenters. The van der Waals surface area contributed by atoms with E-state index in [-0.39, 0.29) is 36.1 Å². The number of rotatable bonds is 6. The van der Waals surface area contributed by atoms with Crippen molar-refractivity contribution in [2.45, 2.75) is 90.5 Å². The molecule has 1 aliphatic carbocycles. The van der Waals surface area contributed by atoms with Crippen LogP contribution in [0.5, 0.6) is 0 Å². The van der Waals surface area contributed by atoms with E-state index in [4.69, 9.17) is 25.0 Å². The summed E-state index contributed by atoms with van der Waals surface area (Å²) in [5.41, 5.74) is 4.73. The summed E-state index contributed by atoms with van der Waals surface area (Å²) in [5.74, 6) is -0.677. The Morgan fingerprint density at radius 1 is 1.05 bits per heavy atom. The van der Waals surface area contributed by atoms with Crippen molar-refractivity contribution >= 4 is 34.6 Å². The van der Waals surface area contributed by atoms with Gasteiger partial charge in [-0.15, -0.1) is 0 Å². The summed E-state index contributed by atoms with van der Waals surface area (Å²) >= 11 is 0. The first-order valence-corrected chi connectivity index (χ1v) is 12.5. The minimum Gasteiger partial charge on any atom is -0.459 e. The Hall–Kier alpha value is -3.56. The zero-order valence-corrected chi connectivity index (χ0v) is 22.5. The average molecular weight is 515 g/mol. The lowest BCUT2D eigenvalue weighted by Gasteiger charge is -2.37. The van der Waals surface area contributed by atoms with Gasteiger partial charge in [-0.2, -0.15) is 0 Å². The van der Waals surface area contributed by atoms with Crippen LogP contribution in [-0.4, -0.2) is 58.5 Å². The van der Waals surface area contributed by atoms with E-state index in [0.29, 0.717) is 42.0 Å². The van der Waals surface area contributed by atoms with Gasteiger partial charge in [-0.1, -0.05) is 6.07 Å². The fourth-order valence-electron chi connectivity index (χ4n) is 4.36. The van der Waals surface area contributed by atoms with Crippen LogP contribution in [-0.2, 0) is 14.3 Å². The second-order valence-corrected chi connectivity index (χ2v) is 11.5. The molecule has 1 saturated carbocycles.